The van der Waals surface area contributed by atoms with Crippen LogP contribution >= 0.6 is 7.53 Å². The van der Waals surface area contributed by atoms with E-state index in [4.69, 9.17) is 0 Å². The molecule has 0 aliphatic rings. The topological polar surface area (TPSA) is 0 Å². The molecular weight excluding hydrogens is 708 g/mol. The molecule has 0 saturated carbocycles. The van der Waals surface area contributed by atoms with E-state index in [2.05, 4.69) is 186 Å². The number of hydrogen-bond acceptors (Lipinski definition) is 0. The number of hydrogen-bond donors (Lipinski definition) is 0. The van der Waals surface area contributed by atoms with E-state index in [1.807, 2.05) is 16.3 Å². The van der Waals surface area contributed by atoms with Crippen molar-refractivity contribution in [1.29, 1.82) is 0 Å². The van der Waals surface area contributed by atoms with Gasteiger partial charge in [0.05, 0.1) is 8.40 Å². The third kappa shape index (κ3) is 9.58. The zero-order chi connectivity index (χ0) is 37.2. The molecule has 1 aromatic heterocycles. The maximum Gasteiger partial charge on any atom is 0.162 e. The molecule has 0 unspecified atom stereocenters. The highest BCUT2D eigenvalue weighted by Gasteiger charge is 2.46. The summed E-state index contributed by atoms with van der Waals surface area (Å²) >= 11 is 0. The molecule has 0 radical (unpaired) electrons. The average Bonchev–Trinajstić information content (AvgIpc) is 2.78. The van der Waals surface area contributed by atoms with Crippen LogP contribution in [0.15, 0.2) is 47.2 Å². The van der Waals surface area contributed by atoms with Crippen LogP contribution < -0.4 is 0 Å². The van der Waals surface area contributed by atoms with Crippen molar-refractivity contribution in [3.63, 3.8) is 0 Å². The normalized spacial score (nSPS) is 14.1. The first-order valence-electron chi connectivity index (χ1n) is 18.6. The van der Waals surface area contributed by atoms with Gasteiger partial charge in [0.2, 0.25) is 0 Å². The molecule has 3 rings (SSSR count). The number of benzene rings is 2. The van der Waals surface area contributed by atoms with Crippen LogP contribution in [-0.2, 0) is 0 Å². The molecule has 0 amide bonds. The molecule has 0 atom stereocenters. The van der Waals surface area contributed by atoms with E-state index < -0.39 is 64.4 Å². The summed E-state index contributed by atoms with van der Waals surface area (Å²) in [5.41, 5.74) is 15.3. The predicted octanol–water partition coefficient (Wildman–Crippen LogP) is 14.4. The minimum Gasteiger partial charge on any atom is -0.0693 e. The fourth-order valence-corrected chi connectivity index (χ4v) is 54.9. The maximum atomic E-state index is 2.90. The Morgan fingerprint density at radius 1 is 0.458 bits per heavy atom. The molecule has 0 spiro atoms. The fraction of sp³-hybridized carbons (Fsp3) is 0.600. The monoisotopic (exact) mass is 781 g/mol. The average molecular weight is 783 g/mol. The highest BCUT2D eigenvalue weighted by atomic mass is 31.1. The Hall–Kier alpha value is -0.262. The Labute approximate surface area is 307 Å². The Morgan fingerprint density at radius 3 is 1.06 bits per heavy atom. The Bertz CT molecular complexity index is 1480. The largest absolute Gasteiger partial charge is 0.162 e. The molecule has 1 heterocycles. The van der Waals surface area contributed by atoms with Gasteiger partial charge < -0.3 is 0 Å². The minimum atomic E-state index is -1.56. The molecule has 0 fully saturated rings. The van der Waals surface area contributed by atoms with E-state index in [1.54, 1.807) is 10.9 Å². The third-order valence-electron chi connectivity index (χ3n) is 10.4. The highest BCUT2D eigenvalue weighted by Crippen LogP contribution is 2.49. The molecule has 0 N–H and O–H groups in total. The van der Waals surface area contributed by atoms with Gasteiger partial charge in [-0.2, -0.15) is 0 Å². The maximum absolute atomic E-state index is 2.90. The van der Waals surface area contributed by atoms with Gasteiger partial charge in [0.1, 0.15) is 11.6 Å². The van der Waals surface area contributed by atoms with Crippen molar-refractivity contribution in [2.75, 3.05) is 0 Å². The first-order valence-corrected chi connectivity index (χ1v) is 43.2. The second-order valence-electron chi connectivity index (χ2n) is 21.8. The van der Waals surface area contributed by atoms with Gasteiger partial charge in [0.25, 0.3) is 0 Å². The summed E-state index contributed by atoms with van der Waals surface area (Å²) in [5.74, 6) is 5.36. The van der Waals surface area contributed by atoms with Crippen molar-refractivity contribution < 1.29 is 0 Å². The lowest BCUT2D eigenvalue weighted by Gasteiger charge is -2.46. The second kappa shape index (κ2) is 14.3. The first kappa shape index (κ1) is 42.2. The van der Waals surface area contributed by atoms with E-state index in [-0.39, 0.29) is 0 Å². The molecule has 0 aliphatic heterocycles. The van der Waals surface area contributed by atoms with Crippen LogP contribution in [0.5, 0.6) is 0 Å². The van der Waals surface area contributed by atoms with Crippen molar-refractivity contribution in [2.24, 2.45) is 0 Å². The Morgan fingerprint density at radius 2 is 0.771 bits per heavy atom. The number of aryl methyl sites for hydroxylation is 3. The van der Waals surface area contributed by atoms with E-state index in [0.717, 1.165) is 15.5 Å². The lowest BCUT2D eigenvalue weighted by atomic mass is 10.1. The van der Waals surface area contributed by atoms with Crippen LogP contribution in [0.1, 0.15) is 48.9 Å². The van der Waals surface area contributed by atoms with Crippen LogP contribution in [0, 0.1) is 20.8 Å². The minimum absolute atomic E-state index is 0.415. The predicted molar refractivity (Wildman–Crippen MR) is 245 cm³/mol. The number of rotatable bonds is 11. The summed E-state index contributed by atoms with van der Waals surface area (Å²) < 4.78 is 0. The summed E-state index contributed by atoms with van der Waals surface area (Å²) in [7, 11) is -10.7. The smallest absolute Gasteiger partial charge is 0.0693 e. The second-order valence-corrected chi connectivity index (χ2v) is 59.3. The van der Waals surface area contributed by atoms with Gasteiger partial charge in [-0.1, -0.05) is 148 Å². The quantitative estimate of drug-likeness (QED) is 0.170. The molecular formula is C40H74PSi7+. The fourth-order valence-electron chi connectivity index (χ4n) is 10.8. The van der Waals surface area contributed by atoms with Crippen molar-refractivity contribution in [3.8, 4) is 10.5 Å². The molecule has 48 heavy (non-hydrogen) atoms. The zero-order valence-electron chi connectivity index (χ0n) is 35.3. The summed E-state index contributed by atoms with van der Waals surface area (Å²) in [6, 6.07) is 10.6. The summed E-state index contributed by atoms with van der Waals surface area (Å²) in [6.45, 7) is 55.3. The Kier molecular flexibility index (Phi) is 12.5. The lowest BCUT2D eigenvalue weighted by molar-refractivity contribution is 1.09. The van der Waals surface area contributed by atoms with Crippen molar-refractivity contribution in [3.05, 3.63) is 80.6 Å². The molecule has 2 aromatic carbocycles. The molecule has 8 heteroatoms. The summed E-state index contributed by atoms with van der Waals surface area (Å²) in [6.07, 6.45) is 0. The van der Waals surface area contributed by atoms with Gasteiger partial charge in [-0.3, -0.25) is 0 Å². The Balaban J connectivity index is 2.65. The van der Waals surface area contributed by atoms with Crippen LogP contribution in [0.25, 0.3) is 10.5 Å². The van der Waals surface area contributed by atoms with Gasteiger partial charge in [0, 0.05) is 48.4 Å². The molecule has 0 nitrogen and oxygen atoms in total. The SMILES string of the molecule is Cc1cc(C)c(-[p+]2cc[si](-c3c(C([Si](C)(C)C)[Si](C)(C)C)cc(C([Si](C)(C)C)[Si](C)(C)C)cc3C([Si](C)(C)C)[Si](C)(C)C)cc2)c(C)c1. The van der Waals surface area contributed by atoms with Gasteiger partial charge in [0.15, 0.2) is 12.8 Å². The molecule has 0 aliphatic carbocycles. The third-order valence-corrected chi connectivity index (χ3v) is 43.2. The van der Waals surface area contributed by atoms with Crippen LogP contribution in [-0.4, -0.2) is 56.8 Å². The van der Waals surface area contributed by atoms with E-state index in [9.17, 15) is 0 Å². The standard InChI is InChI=1S/C40H74PSi7/c1-30-26-31(2)36(32(3)27-30)41-22-24-42(25-23-41)37-34(39(45(10,11)12)46(13,14)15)28-33(38(43(4,5)6)44(7,8)9)29-35(37)40(47(16,17)18)48(19,20)21/h22-29,38-40H,1-21H3/q+1. The molecule has 0 bridgehead atoms. The zero-order valence-corrected chi connectivity index (χ0v) is 43.2. The van der Waals surface area contributed by atoms with E-state index in [0.29, 0.717) is 0 Å². The van der Waals surface area contributed by atoms with Crippen molar-refractivity contribution >= 4 is 64.4 Å². The summed E-state index contributed by atoms with van der Waals surface area (Å²) in [5, 5.41) is 5.68. The van der Waals surface area contributed by atoms with Gasteiger partial charge in [-0.05, 0) is 80.6 Å². The molecule has 266 valence electrons. The highest BCUT2D eigenvalue weighted by molar-refractivity contribution is 7.56. The van der Waals surface area contributed by atoms with Gasteiger partial charge >= 0.3 is 0 Å². The van der Waals surface area contributed by atoms with Gasteiger partial charge in [-0.15, -0.1) is 0 Å². The van der Waals surface area contributed by atoms with Crippen LogP contribution in [0.3, 0.4) is 0 Å². The first-order chi connectivity index (χ1) is 21.4. The van der Waals surface area contributed by atoms with E-state index >= 15 is 0 Å². The van der Waals surface area contributed by atoms with Crippen molar-refractivity contribution in [1.82, 2.24) is 0 Å². The molecule has 3 aromatic rings. The van der Waals surface area contributed by atoms with Crippen LogP contribution in [0.2, 0.25) is 118 Å². The molecule has 0 saturated heterocycles. The summed E-state index contributed by atoms with van der Waals surface area (Å²) in [4.78, 5) is 0. The van der Waals surface area contributed by atoms with E-state index in [1.165, 1.54) is 16.7 Å². The van der Waals surface area contributed by atoms with Gasteiger partial charge in [-0.25, -0.2) is 0 Å². The van der Waals surface area contributed by atoms with Crippen LogP contribution in [0.4, 0.5) is 0 Å². The van der Waals surface area contributed by atoms with Crippen molar-refractivity contribution in [2.45, 2.75) is 154 Å². The lowest BCUT2D eigenvalue weighted by Crippen LogP contribution is -2.50.